The Hall–Kier alpha value is -3.11. The van der Waals surface area contributed by atoms with Crippen molar-refractivity contribution in [3.63, 3.8) is 0 Å². The van der Waals surface area contributed by atoms with Gasteiger partial charge >= 0.3 is 0 Å². The Bertz CT molecular complexity index is 1830. The number of hydrogen-bond donors (Lipinski definition) is 0. The highest BCUT2D eigenvalue weighted by atomic mass is 127. The van der Waals surface area contributed by atoms with Gasteiger partial charge in [0.1, 0.15) is 23.1 Å². The second-order valence-electron chi connectivity index (χ2n) is 8.21. The molecular formula is C29H19I2N3O. The first-order valence-electron chi connectivity index (χ1n) is 11.0. The first kappa shape index (κ1) is 23.6. The van der Waals surface area contributed by atoms with Crippen LogP contribution >= 0.6 is 0 Å². The standard InChI is InChI=1S/C29H17N3O.2HI/c1-2-6-20(23-14-16-30-17-32-23)18(5-1)10-11-19-12-13-25-28-26(19)29-22(8-4-15-31-29)21-7-3-9-24(33-25)27(21)28;;/h1-17H;2*1H/b11-10+;;. The van der Waals surface area contributed by atoms with E-state index >= 15 is 0 Å². The molecule has 0 unspecified atom stereocenters. The van der Waals surface area contributed by atoms with E-state index < -0.39 is 0 Å². The number of fused-ring (bicyclic) bond motifs is 3. The second kappa shape index (κ2) is 9.50. The lowest BCUT2D eigenvalue weighted by molar-refractivity contribution is -0.369. The number of nitrogens with zero attached hydrogens (tertiary/aromatic N) is 1. The molecule has 0 aliphatic heterocycles. The van der Waals surface area contributed by atoms with Crippen LogP contribution in [0.2, 0.25) is 0 Å². The first-order valence-corrected chi connectivity index (χ1v) is 11.0. The third-order valence-corrected chi connectivity index (χ3v) is 6.41. The van der Waals surface area contributed by atoms with Gasteiger partial charge in [-0.1, -0.05) is 59.6 Å². The quantitative estimate of drug-likeness (QED) is 0.153. The lowest BCUT2D eigenvalue weighted by atomic mass is 9.93. The molecule has 6 heteroatoms. The zero-order valence-corrected chi connectivity index (χ0v) is 22.7. The summed E-state index contributed by atoms with van der Waals surface area (Å²) in [5.41, 5.74) is 7.42. The van der Waals surface area contributed by atoms with Crippen LogP contribution in [-0.4, -0.2) is 4.98 Å². The number of furan rings is 1. The summed E-state index contributed by atoms with van der Waals surface area (Å²) in [5.74, 6) is 0. The van der Waals surface area contributed by atoms with Crippen LogP contribution in [0.1, 0.15) is 11.1 Å². The van der Waals surface area contributed by atoms with Gasteiger partial charge in [0.15, 0.2) is 6.20 Å². The average molecular weight is 679 g/mol. The molecule has 0 atom stereocenters. The Morgan fingerprint density at radius 2 is 1.49 bits per heavy atom. The highest BCUT2D eigenvalue weighted by Gasteiger charge is 2.21. The van der Waals surface area contributed by atoms with E-state index in [2.05, 4.69) is 93.8 Å². The second-order valence-corrected chi connectivity index (χ2v) is 8.21. The number of H-pyrrole nitrogens is 2. The SMILES string of the molecule is C(=C\c1ccc2oc3cccc4c5ccc[nH+]c5c1c2c34)/c1ccccc1-c1ccnc[nH+]1.[I-].[I-]. The number of benzene rings is 4. The minimum absolute atomic E-state index is 0. The van der Waals surface area contributed by atoms with Gasteiger partial charge in [-0.15, -0.1) is 0 Å². The lowest BCUT2D eigenvalue weighted by Gasteiger charge is -2.07. The number of aromatic nitrogens is 3. The van der Waals surface area contributed by atoms with E-state index in [9.17, 15) is 0 Å². The fourth-order valence-corrected chi connectivity index (χ4v) is 4.98. The molecule has 4 aromatic carbocycles. The van der Waals surface area contributed by atoms with Crippen LogP contribution in [0.5, 0.6) is 0 Å². The molecule has 2 N–H and O–H groups in total. The predicted molar refractivity (Wildman–Crippen MR) is 132 cm³/mol. The van der Waals surface area contributed by atoms with Crippen molar-refractivity contribution < 1.29 is 62.3 Å². The maximum Gasteiger partial charge on any atom is 0.284 e. The van der Waals surface area contributed by atoms with Crippen molar-refractivity contribution in [2.24, 2.45) is 0 Å². The van der Waals surface area contributed by atoms with Gasteiger partial charge < -0.3 is 52.4 Å². The van der Waals surface area contributed by atoms with Gasteiger partial charge in [-0.05, 0) is 29.3 Å². The average Bonchev–Trinajstić information content (AvgIpc) is 3.27. The maximum atomic E-state index is 6.23. The third-order valence-electron chi connectivity index (χ3n) is 6.41. The number of hydrogen-bond acceptors (Lipinski definition) is 2. The molecule has 170 valence electrons. The highest BCUT2D eigenvalue weighted by molar-refractivity contribution is 6.32. The molecule has 0 bridgehead atoms. The molecule has 0 radical (unpaired) electrons. The van der Waals surface area contributed by atoms with Crippen LogP contribution in [0.3, 0.4) is 0 Å². The van der Waals surface area contributed by atoms with E-state index in [1.807, 2.05) is 12.3 Å². The Kier molecular flexibility index (Phi) is 6.41. The topological polar surface area (TPSA) is 54.3 Å². The van der Waals surface area contributed by atoms with E-state index in [1.54, 1.807) is 12.5 Å². The summed E-state index contributed by atoms with van der Waals surface area (Å²) in [5, 5.41) is 5.96. The van der Waals surface area contributed by atoms with Gasteiger partial charge in [0.25, 0.3) is 6.33 Å². The normalized spacial score (nSPS) is 11.4. The van der Waals surface area contributed by atoms with Crippen molar-refractivity contribution in [2.45, 2.75) is 0 Å². The highest BCUT2D eigenvalue weighted by Crippen LogP contribution is 2.42. The molecule has 7 rings (SSSR count). The lowest BCUT2D eigenvalue weighted by Crippen LogP contribution is -3.00. The summed E-state index contributed by atoms with van der Waals surface area (Å²) in [7, 11) is 0. The van der Waals surface area contributed by atoms with E-state index in [0.29, 0.717) is 0 Å². The summed E-state index contributed by atoms with van der Waals surface area (Å²) >= 11 is 0. The molecule has 0 spiro atoms. The number of nitrogens with one attached hydrogen (secondary N) is 2. The molecule has 3 aromatic heterocycles. The summed E-state index contributed by atoms with van der Waals surface area (Å²) in [6, 6.07) is 25.1. The molecule has 0 fully saturated rings. The molecular weight excluding hydrogens is 660 g/mol. The van der Waals surface area contributed by atoms with Crippen LogP contribution in [0.25, 0.3) is 67.0 Å². The maximum absolute atomic E-state index is 6.23. The number of aromatic amines is 2. The molecule has 0 amide bonds. The van der Waals surface area contributed by atoms with Crippen molar-refractivity contribution >= 4 is 55.8 Å². The Morgan fingerprint density at radius 3 is 2.37 bits per heavy atom. The molecule has 0 saturated carbocycles. The third kappa shape index (κ3) is 3.75. The van der Waals surface area contributed by atoms with Gasteiger partial charge in [-0.25, -0.2) is 9.97 Å². The van der Waals surface area contributed by atoms with Crippen molar-refractivity contribution in [1.29, 1.82) is 0 Å². The molecule has 4 nitrogen and oxygen atoms in total. The zero-order valence-electron chi connectivity index (χ0n) is 18.4. The van der Waals surface area contributed by atoms with Crippen molar-refractivity contribution in [3.8, 4) is 11.3 Å². The van der Waals surface area contributed by atoms with Gasteiger partial charge in [-0.3, -0.25) is 0 Å². The van der Waals surface area contributed by atoms with Gasteiger partial charge in [0, 0.05) is 33.9 Å². The summed E-state index contributed by atoms with van der Waals surface area (Å²) in [6.07, 6.45) is 9.89. The predicted octanol–water partition coefficient (Wildman–Crippen LogP) is 0.199. The Balaban J connectivity index is 0.00000127. The van der Waals surface area contributed by atoms with E-state index in [0.717, 1.165) is 39.1 Å². The van der Waals surface area contributed by atoms with Crippen molar-refractivity contribution in [1.82, 2.24) is 4.98 Å². The van der Waals surface area contributed by atoms with Crippen LogP contribution in [0, 0.1) is 0 Å². The monoisotopic (exact) mass is 679 g/mol. The van der Waals surface area contributed by atoms with Crippen LogP contribution in [0.15, 0.2) is 95.9 Å². The fourth-order valence-electron chi connectivity index (χ4n) is 4.98. The van der Waals surface area contributed by atoms with Crippen LogP contribution < -0.4 is 57.9 Å². The van der Waals surface area contributed by atoms with Gasteiger partial charge in [0.05, 0.1) is 10.8 Å². The molecule has 35 heavy (non-hydrogen) atoms. The molecule has 7 aromatic rings. The summed E-state index contributed by atoms with van der Waals surface area (Å²) in [4.78, 5) is 10.9. The first-order chi connectivity index (χ1) is 16.4. The van der Waals surface area contributed by atoms with Crippen LogP contribution in [-0.2, 0) is 0 Å². The number of halogens is 2. The minimum atomic E-state index is 0. The largest absolute Gasteiger partial charge is 1.00 e. The fraction of sp³-hybridized carbons (Fsp3) is 0. The van der Waals surface area contributed by atoms with E-state index in [-0.39, 0.29) is 48.0 Å². The molecule has 0 aliphatic carbocycles. The van der Waals surface area contributed by atoms with Crippen molar-refractivity contribution in [2.75, 3.05) is 0 Å². The van der Waals surface area contributed by atoms with Crippen LogP contribution in [0.4, 0.5) is 0 Å². The Labute approximate surface area is 235 Å². The molecule has 3 heterocycles. The number of pyridine rings is 1. The van der Waals surface area contributed by atoms with Gasteiger partial charge in [0.2, 0.25) is 5.52 Å². The van der Waals surface area contributed by atoms with E-state index in [1.165, 1.54) is 26.9 Å². The van der Waals surface area contributed by atoms with E-state index in [4.69, 9.17) is 4.42 Å². The van der Waals surface area contributed by atoms with Crippen molar-refractivity contribution in [3.05, 3.63) is 103 Å². The number of rotatable bonds is 3. The molecule has 0 saturated heterocycles. The Morgan fingerprint density at radius 1 is 0.657 bits per heavy atom. The smallest absolute Gasteiger partial charge is 0.284 e. The summed E-state index contributed by atoms with van der Waals surface area (Å²) < 4.78 is 6.23. The summed E-state index contributed by atoms with van der Waals surface area (Å²) in [6.45, 7) is 0. The minimum Gasteiger partial charge on any atom is -1.00 e. The van der Waals surface area contributed by atoms with Gasteiger partial charge in [-0.2, -0.15) is 0 Å². The molecule has 0 aliphatic rings. The zero-order chi connectivity index (χ0) is 21.8.